The van der Waals surface area contributed by atoms with Gasteiger partial charge in [0, 0.05) is 11.5 Å². The van der Waals surface area contributed by atoms with Gasteiger partial charge in [-0.3, -0.25) is 0 Å². The van der Waals surface area contributed by atoms with Crippen LogP contribution in [0, 0.1) is 0 Å². The van der Waals surface area contributed by atoms with E-state index >= 15 is 0 Å². The van der Waals surface area contributed by atoms with Gasteiger partial charge in [0.15, 0.2) is 0 Å². The van der Waals surface area contributed by atoms with E-state index < -0.39 is 0 Å². The lowest BCUT2D eigenvalue weighted by Crippen LogP contribution is -1.88. The van der Waals surface area contributed by atoms with Crippen molar-refractivity contribution in [2.75, 3.05) is 23.9 Å². The number of thioether (sulfide) groups is 1. The molecule has 0 atom stereocenters. The first-order valence-electron chi connectivity index (χ1n) is 12.3. The second kappa shape index (κ2) is 32.3. The van der Waals surface area contributed by atoms with Gasteiger partial charge in [-0.05, 0) is 30.6 Å². The highest BCUT2D eigenvalue weighted by atomic mass is 32.2. The van der Waals surface area contributed by atoms with Crippen LogP contribution in [0.5, 0.6) is 0 Å². The minimum atomic E-state index is 0.334. The van der Waals surface area contributed by atoms with Gasteiger partial charge >= 0.3 is 0 Å². The second-order valence-corrected chi connectivity index (χ2v) is 9.72. The summed E-state index contributed by atoms with van der Waals surface area (Å²) >= 11 is 2.85. The molecule has 28 heavy (non-hydrogen) atoms. The molecule has 0 unspecified atom stereocenters. The number of unbranched alkanes of at least 4 members (excludes halogenated alkanes) is 16. The maximum atomic E-state index is 8.54. The Morgan fingerprint density at radius 1 is 0.464 bits per heavy atom. The average molecular weight is 437 g/mol. The normalized spacial score (nSPS) is 10.7. The second-order valence-electron chi connectivity index (χ2n) is 7.83. The predicted octanol–water partition coefficient (Wildman–Crippen LogP) is 8.97. The van der Waals surface area contributed by atoms with Crippen molar-refractivity contribution >= 4 is 23.8 Å². The zero-order valence-electron chi connectivity index (χ0n) is 19.3. The molecule has 4 heteroatoms. The number of aliphatic hydroxyl groups excluding tert-OH is 1. The Balaban J connectivity index is 0. The molecule has 0 rings (SSSR count). The summed E-state index contributed by atoms with van der Waals surface area (Å²) in [5, 5.41) is 8.52. The van der Waals surface area contributed by atoms with Gasteiger partial charge in [0.25, 0.3) is 0 Å². The van der Waals surface area contributed by atoms with Crippen molar-refractivity contribution in [3.63, 3.8) is 0 Å². The molecule has 0 aromatic rings. The van der Waals surface area contributed by atoms with Crippen molar-refractivity contribution in [1.82, 2.24) is 0 Å². The molecule has 0 radical (unpaired) electrons. The van der Waals surface area contributed by atoms with Crippen LogP contribution >= 0.6 is 23.8 Å². The monoisotopic (exact) mass is 436 g/mol. The van der Waals surface area contributed by atoms with E-state index in [1.54, 1.807) is 0 Å². The van der Waals surface area contributed by atoms with Crippen molar-refractivity contribution in [3.8, 4) is 0 Å². The molecule has 0 spiro atoms. The largest absolute Gasteiger partial charge is 0.396 e. The lowest BCUT2D eigenvalue weighted by atomic mass is 10.1. The fourth-order valence-electron chi connectivity index (χ4n) is 3.16. The molecule has 2 nitrogen and oxygen atoms in total. The highest BCUT2D eigenvalue weighted by Crippen LogP contribution is 2.12. The third kappa shape index (κ3) is 34.1. The Bertz CT molecular complexity index is 217. The molecule has 0 aliphatic rings. The number of hydrogen-bond donors (Lipinski definition) is 2. The van der Waals surface area contributed by atoms with E-state index in [1.165, 1.54) is 121 Å². The third-order valence-electron chi connectivity index (χ3n) is 4.97. The van der Waals surface area contributed by atoms with Crippen LogP contribution < -0.4 is 0 Å². The first-order chi connectivity index (χ1) is 13.8. The molecular weight excluding hydrogens is 384 g/mol. The van der Waals surface area contributed by atoms with Gasteiger partial charge in [-0.1, -0.05) is 117 Å². The summed E-state index contributed by atoms with van der Waals surface area (Å²) in [6.45, 7) is 4.85. The molecular formula is C24H52O2S2. The summed E-state index contributed by atoms with van der Waals surface area (Å²) in [4.78, 5) is 0. The fourth-order valence-corrected chi connectivity index (χ4v) is 4.23. The smallest absolute Gasteiger partial charge is 0.0521 e. The van der Waals surface area contributed by atoms with Crippen LogP contribution in [0.2, 0.25) is 0 Å². The molecule has 0 amide bonds. The molecule has 0 aromatic heterocycles. The van der Waals surface area contributed by atoms with Crippen LogP contribution in [0.3, 0.4) is 0 Å². The number of hydrogen-bond acceptors (Lipinski definition) is 4. The van der Waals surface area contributed by atoms with E-state index in [4.69, 9.17) is 9.66 Å². The Labute approximate surface area is 186 Å². The standard InChI is InChI=1S/C14H30OS.C10H22OS/c1-2-3-4-5-6-7-8-9-10-11-12-13-14-16-15;1-2-3-4-5-6-7-9-12-10-8-11/h15H,2-14H2,1H3;11H,2-10H2,1H3. The maximum Gasteiger partial charge on any atom is 0.0521 e. The zero-order chi connectivity index (χ0) is 21.0. The highest BCUT2D eigenvalue weighted by Gasteiger charge is 1.93. The molecule has 0 saturated carbocycles. The lowest BCUT2D eigenvalue weighted by molar-refractivity contribution is 0.322. The SMILES string of the molecule is CCCCCCCCCCCCCCSO.CCCCCCCCSCCO. The molecule has 0 saturated heterocycles. The molecule has 0 fully saturated rings. The zero-order valence-corrected chi connectivity index (χ0v) is 20.9. The van der Waals surface area contributed by atoms with Crippen LogP contribution in [-0.2, 0) is 0 Å². The molecule has 0 aromatic carbocycles. The van der Waals surface area contributed by atoms with E-state index in [9.17, 15) is 0 Å². The summed E-state index contributed by atoms with van der Waals surface area (Å²) in [6, 6.07) is 0. The molecule has 2 N–H and O–H groups in total. The van der Waals surface area contributed by atoms with Gasteiger partial charge in [-0.2, -0.15) is 11.8 Å². The summed E-state index contributed by atoms with van der Waals surface area (Å²) in [7, 11) is 0. The van der Waals surface area contributed by atoms with Crippen molar-refractivity contribution in [2.45, 2.75) is 129 Å². The van der Waals surface area contributed by atoms with Gasteiger partial charge in [-0.25, -0.2) is 0 Å². The quantitative estimate of drug-likeness (QED) is 0.131. The summed E-state index contributed by atoms with van der Waals surface area (Å²) in [5.41, 5.74) is 0. The average Bonchev–Trinajstić information content (AvgIpc) is 2.71. The molecule has 172 valence electrons. The Morgan fingerprint density at radius 2 is 0.821 bits per heavy atom. The molecule has 0 aliphatic carbocycles. The minimum absolute atomic E-state index is 0.334. The van der Waals surface area contributed by atoms with Crippen molar-refractivity contribution in [3.05, 3.63) is 0 Å². The summed E-state index contributed by atoms with van der Waals surface area (Å²) in [5.74, 6) is 3.05. The van der Waals surface area contributed by atoms with Gasteiger partial charge in [-0.15, -0.1) is 0 Å². The van der Waals surface area contributed by atoms with Crippen LogP contribution in [0.4, 0.5) is 0 Å². The Kier molecular flexibility index (Phi) is 35.5. The van der Waals surface area contributed by atoms with Gasteiger partial charge in [0.2, 0.25) is 0 Å². The minimum Gasteiger partial charge on any atom is -0.396 e. The first kappa shape index (κ1) is 30.8. The van der Waals surface area contributed by atoms with E-state index in [-0.39, 0.29) is 0 Å². The fraction of sp³-hybridized carbons (Fsp3) is 1.00. The van der Waals surface area contributed by atoms with Crippen LogP contribution in [0.1, 0.15) is 129 Å². The molecule has 0 aliphatic heterocycles. The molecule has 0 heterocycles. The lowest BCUT2D eigenvalue weighted by Gasteiger charge is -2.02. The van der Waals surface area contributed by atoms with Crippen LogP contribution in [0.15, 0.2) is 0 Å². The summed E-state index contributed by atoms with van der Waals surface area (Å²) < 4.78 is 8.54. The van der Waals surface area contributed by atoms with Crippen LogP contribution in [-0.4, -0.2) is 33.5 Å². The van der Waals surface area contributed by atoms with Crippen LogP contribution in [0.25, 0.3) is 0 Å². The van der Waals surface area contributed by atoms with Crippen molar-refractivity contribution in [2.24, 2.45) is 0 Å². The third-order valence-corrected chi connectivity index (χ3v) is 6.49. The Hall–Kier alpha value is 0.620. The van der Waals surface area contributed by atoms with Gasteiger partial charge in [0.05, 0.1) is 6.61 Å². The topological polar surface area (TPSA) is 40.5 Å². The molecule has 0 bridgehead atoms. The number of aliphatic hydroxyl groups is 1. The van der Waals surface area contributed by atoms with E-state index in [1.807, 2.05) is 11.8 Å². The maximum absolute atomic E-state index is 8.54. The van der Waals surface area contributed by atoms with Gasteiger partial charge < -0.3 is 9.66 Å². The Morgan fingerprint density at radius 3 is 1.18 bits per heavy atom. The van der Waals surface area contributed by atoms with Gasteiger partial charge in [0.1, 0.15) is 0 Å². The highest BCUT2D eigenvalue weighted by molar-refractivity contribution is 7.99. The first-order valence-corrected chi connectivity index (χ1v) is 14.4. The summed E-state index contributed by atoms with van der Waals surface area (Å²) in [6.07, 6.45) is 24.8. The van der Waals surface area contributed by atoms with Crippen molar-refractivity contribution in [1.29, 1.82) is 0 Å². The van der Waals surface area contributed by atoms with E-state index in [0.717, 1.165) is 23.5 Å². The predicted molar refractivity (Wildman–Crippen MR) is 134 cm³/mol. The number of rotatable bonds is 22. The van der Waals surface area contributed by atoms with E-state index in [0.29, 0.717) is 6.61 Å². The van der Waals surface area contributed by atoms with E-state index in [2.05, 4.69) is 13.8 Å². The van der Waals surface area contributed by atoms with Crippen molar-refractivity contribution < 1.29 is 9.66 Å².